The van der Waals surface area contributed by atoms with E-state index in [2.05, 4.69) is 4.90 Å². The molecule has 3 atom stereocenters. The molecule has 3 nitrogen and oxygen atoms in total. The van der Waals surface area contributed by atoms with Crippen molar-refractivity contribution in [3.63, 3.8) is 0 Å². The first-order chi connectivity index (χ1) is 12.6. The molecular weight excluding hydrogens is 336 g/mol. The van der Waals surface area contributed by atoms with Crippen LogP contribution in [0, 0.1) is 23.5 Å². The van der Waals surface area contributed by atoms with Gasteiger partial charge in [0.15, 0.2) is 11.6 Å². The topological polar surface area (TPSA) is 32.7 Å². The summed E-state index contributed by atoms with van der Waals surface area (Å²) in [6, 6.07) is 10.9. The number of phenolic OH excluding ortho intramolecular Hbond substituents is 1. The van der Waals surface area contributed by atoms with Crippen molar-refractivity contribution in [1.29, 1.82) is 0 Å². The monoisotopic (exact) mass is 359 g/mol. The third kappa shape index (κ3) is 3.83. The zero-order valence-corrected chi connectivity index (χ0v) is 14.6. The van der Waals surface area contributed by atoms with Gasteiger partial charge < -0.3 is 14.7 Å². The molecule has 0 spiro atoms. The molecule has 5 heteroatoms. The molecule has 1 aliphatic carbocycles. The largest absolute Gasteiger partial charge is 0.508 e. The van der Waals surface area contributed by atoms with Crippen molar-refractivity contribution >= 4 is 0 Å². The quantitative estimate of drug-likeness (QED) is 0.876. The second-order valence-corrected chi connectivity index (χ2v) is 7.48. The van der Waals surface area contributed by atoms with Crippen LogP contribution in [0.1, 0.15) is 18.4 Å². The van der Waals surface area contributed by atoms with Gasteiger partial charge in [-0.15, -0.1) is 0 Å². The molecule has 1 saturated heterocycles. The summed E-state index contributed by atoms with van der Waals surface area (Å²) in [7, 11) is 0. The Morgan fingerprint density at radius 3 is 2.35 bits per heavy atom. The second-order valence-electron chi connectivity index (χ2n) is 7.48. The highest BCUT2D eigenvalue weighted by molar-refractivity contribution is 5.26. The molecule has 0 aromatic heterocycles. The van der Waals surface area contributed by atoms with Crippen molar-refractivity contribution in [2.45, 2.75) is 25.4 Å². The molecule has 1 aliphatic heterocycles. The molecule has 0 amide bonds. The maximum absolute atomic E-state index is 13.8. The van der Waals surface area contributed by atoms with Crippen LogP contribution < -0.4 is 4.74 Å². The lowest BCUT2D eigenvalue weighted by Gasteiger charge is -2.20. The minimum Gasteiger partial charge on any atom is -0.508 e. The molecule has 0 radical (unpaired) electrons. The third-order valence-corrected chi connectivity index (χ3v) is 5.62. The van der Waals surface area contributed by atoms with Crippen molar-refractivity contribution in [3.8, 4) is 11.5 Å². The number of benzene rings is 2. The first-order valence-corrected chi connectivity index (χ1v) is 9.19. The van der Waals surface area contributed by atoms with Crippen molar-refractivity contribution in [3.05, 3.63) is 59.7 Å². The van der Waals surface area contributed by atoms with E-state index in [0.29, 0.717) is 17.6 Å². The number of aromatic hydroxyl groups is 1. The molecule has 2 fully saturated rings. The van der Waals surface area contributed by atoms with Gasteiger partial charge in [-0.05, 0) is 60.9 Å². The number of likely N-dealkylation sites (tertiary alicyclic amines) is 1. The first-order valence-electron chi connectivity index (χ1n) is 9.19. The van der Waals surface area contributed by atoms with Crippen molar-refractivity contribution in [2.24, 2.45) is 11.8 Å². The van der Waals surface area contributed by atoms with Gasteiger partial charge in [0.25, 0.3) is 0 Å². The van der Waals surface area contributed by atoms with Crippen LogP contribution in [0.2, 0.25) is 0 Å². The van der Waals surface area contributed by atoms with Gasteiger partial charge in [-0.2, -0.15) is 0 Å². The molecule has 4 rings (SSSR count). The second kappa shape index (κ2) is 7.23. The average Bonchev–Trinajstić information content (AvgIpc) is 3.15. The van der Waals surface area contributed by atoms with Crippen LogP contribution in [0.4, 0.5) is 8.78 Å². The maximum atomic E-state index is 13.8. The highest BCUT2D eigenvalue weighted by atomic mass is 19.1. The molecule has 1 saturated carbocycles. The van der Waals surface area contributed by atoms with E-state index in [9.17, 15) is 13.9 Å². The Morgan fingerprint density at radius 2 is 1.69 bits per heavy atom. The zero-order valence-electron chi connectivity index (χ0n) is 14.6. The SMILES string of the molecule is Oc1ccc(CCN2C[C@H]3CC(Oc4ccc(F)cc4F)C[C@H]3C2)cc1. The molecule has 1 unspecified atom stereocenters. The Balaban J connectivity index is 1.26. The number of fused-ring (bicyclic) bond motifs is 1. The Labute approximate surface area is 152 Å². The van der Waals surface area contributed by atoms with Gasteiger partial charge in [-0.25, -0.2) is 8.78 Å². The standard InChI is InChI=1S/C21H23F2NO2/c22-17-3-6-21(20(23)11-17)26-19-9-15-12-24(13-16(15)10-19)8-7-14-1-4-18(25)5-2-14/h1-6,11,15-16,19,25H,7-10,12-13H2/t15-,16+,19?. The van der Waals surface area contributed by atoms with Crippen LogP contribution in [0.25, 0.3) is 0 Å². The predicted octanol–water partition coefficient (Wildman–Crippen LogP) is 4.00. The van der Waals surface area contributed by atoms with Gasteiger partial charge in [0, 0.05) is 25.7 Å². The zero-order chi connectivity index (χ0) is 18.1. The van der Waals surface area contributed by atoms with E-state index < -0.39 is 11.6 Å². The minimum absolute atomic E-state index is 0.0178. The average molecular weight is 359 g/mol. The van der Waals surface area contributed by atoms with Gasteiger partial charge >= 0.3 is 0 Å². The highest BCUT2D eigenvalue weighted by Crippen LogP contribution is 2.40. The lowest BCUT2D eigenvalue weighted by Crippen LogP contribution is -2.26. The fraction of sp³-hybridized carbons (Fsp3) is 0.429. The van der Waals surface area contributed by atoms with Gasteiger partial charge in [0.2, 0.25) is 0 Å². The van der Waals surface area contributed by atoms with E-state index in [-0.39, 0.29) is 11.9 Å². The number of hydrogen-bond acceptors (Lipinski definition) is 3. The van der Waals surface area contributed by atoms with Crippen LogP contribution in [0.15, 0.2) is 42.5 Å². The lowest BCUT2D eigenvalue weighted by atomic mass is 10.0. The maximum Gasteiger partial charge on any atom is 0.167 e. The molecule has 0 bridgehead atoms. The van der Waals surface area contributed by atoms with Crippen LogP contribution in [0.3, 0.4) is 0 Å². The number of rotatable bonds is 5. The molecule has 26 heavy (non-hydrogen) atoms. The fourth-order valence-electron chi connectivity index (χ4n) is 4.32. The lowest BCUT2D eigenvalue weighted by molar-refractivity contribution is 0.178. The van der Waals surface area contributed by atoms with Gasteiger partial charge in [0.05, 0.1) is 6.10 Å². The van der Waals surface area contributed by atoms with Crippen molar-refractivity contribution < 1.29 is 18.6 Å². The predicted molar refractivity (Wildman–Crippen MR) is 95.2 cm³/mol. The summed E-state index contributed by atoms with van der Waals surface area (Å²) < 4.78 is 32.5. The number of phenols is 1. The van der Waals surface area contributed by atoms with Crippen molar-refractivity contribution in [2.75, 3.05) is 19.6 Å². The van der Waals surface area contributed by atoms with Crippen LogP contribution in [-0.2, 0) is 6.42 Å². The molecule has 138 valence electrons. The van der Waals surface area contributed by atoms with Gasteiger partial charge in [-0.1, -0.05) is 12.1 Å². The van der Waals surface area contributed by atoms with E-state index in [4.69, 9.17) is 4.74 Å². The molecule has 2 aromatic carbocycles. The summed E-state index contributed by atoms with van der Waals surface area (Å²) in [6.45, 7) is 3.11. The summed E-state index contributed by atoms with van der Waals surface area (Å²) >= 11 is 0. The first kappa shape index (κ1) is 17.3. The smallest absolute Gasteiger partial charge is 0.167 e. The van der Waals surface area contributed by atoms with Gasteiger partial charge in [-0.3, -0.25) is 0 Å². The summed E-state index contributed by atoms with van der Waals surface area (Å²) in [4.78, 5) is 2.48. The molecule has 1 heterocycles. The Kier molecular flexibility index (Phi) is 4.81. The van der Waals surface area contributed by atoms with Crippen LogP contribution in [-0.4, -0.2) is 35.7 Å². The van der Waals surface area contributed by atoms with Gasteiger partial charge in [0.1, 0.15) is 11.6 Å². The number of nitrogens with zero attached hydrogens (tertiary/aromatic N) is 1. The highest BCUT2D eigenvalue weighted by Gasteiger charge is 2.41. The van der Waals surface area contributed by atoms with E-state index in [1.807, 2.05) is 12.1 Å². The van der Waals surface area contributed by atoms with E-state index >= 15 is 0 Å². The minimum atomic E-state index is -0.627. The number of halogens is 2. The molecule has 2 aliphatic rings. The normalized spacial score (nSPS) is 25.4. The Hall–Kier alpha value is -2.14. The number of ether oxygens (including phenoxy) is 1. The summed E-state index contributed by atoms with van der Waals surface area (Å²) in [5.41, 5.74) is 1.23. The van der Waals surface area contributed by atoms with E-state index in [1.165, 1.54) is 17.7 Å². The summed E-state index contributed by atoms with van der Waals surface area (Å²) in [6.07, 6.45) is 2.85. The van der Waals surface area contributed by atoms with Crippen LogP contribution in [0.5, 0.6) is 11.5 Å². The number of hydrogen-bond donors (Lipinski definition) is 1. The van der Waals surface area contributed by atoms with Crippen LogP contribution >= 0.6 is 0 Å². The summed E-state index contributed by atoms with van der Waals surface area (Å²) in [5, 5.41) is 9.34. The molecule has 2 aromatic rings. The summed E-state index contributed by atoms with van der Waals surface area (Å²) in [5.74, 6) is 0.417. The van der Waals surface area contributed by atoms with E-state index in [0.717, 1.165) is 45.0 Å². The molecule has 1 N–H and O–H groups in total. The Bertz CT molecular complexity index is 751. The Morgan fingerprint density at radius 1 is 1.00 bits per heavy atom. The third-order valence-electron chi connectivity index (χ3n) is 5.62. The fourth-order valence-corrected chi connectivity index (χ4v) is 4.32. The van der Waals surface area contributed by atoms with Crippen molar-refractivity contribution in [1.82, 2.24) is 4.90 Å². The van der Waals surface area contributed by atoms with E-state index in [1.54, 1.807) is 12.1 Å². The molecular formula is C21H23F2NO2.